The molecule has 1 fully saturated rings. The quantitative estimate of drug-likeness (QED) is 0.614. The van der Waals surface area contributed by atoms with E-state index in [1.54, 1.807) is 6.08 Å². The van der Waals surface area contributed by atoms with Crippen molar-refractivity contribution in [1.29, 1.82) is 0 Å². The summed E-state index contributed by atoms with van der Waals surface area (Å²) in [6.07, 6.45) is 5.78. The predicted molar refractivity (Wildman–Crippen MR) is 75.2 cm³/mol. The molecule has 20 heavy (non-hydrogen) atoms. The Labute approximate surface area is 118 Å². The van der Waals surface area contributed by atoms with Gasteiger partial charge in [0.25, 0.3) is 0 Å². The fourth-order valence-electron chi connectivity index (χ4n) is 3.42. The number of hydrogen-bond acceptors (Lipinski definition) is 4. The third-order valence-corrected chi connectivity index (χ3v) is 4.59. The van der Waals surface area contributed by atoms with Gasteiger partial charge in [0.15, 0.2) is 11.5 Å². The van der Waals surface area contributed by atoms with Gasteiger partial charge in [-0.25, -0.2) is 4.79 Å². The number of aliphatic imine (C=N–C) groups is 1. The number of benzene rings is 1. The minimum atomic E-state index is -0.410. The van der Waals surface area contributed by atoms with Crippen LogP contribution >= 0.6 is 0 Å². The van der Waals surface area contributed by atoms with Gasteiger partial charge in [0.05, 0.1) is 5.54 Å². The Morgan fingerprint density at radius 3 is 2.55 bits per heavy atom. The number of fused-ring (bicyclic) bond motifs is 1. The molecule has 0 aromatic heterocycles. The topological polar surface area (TPSA) is 47.9 Å². The smallest absolute Gasteiger partial charge is 0.235 e. The molecule has 0 radical (unpaired) electrons. The molecule has 1 aromatic carbocycles. The summed E-state index contributed by atoms with van der Waals surface area (Å²) >= 11 is 0. The highest BCUT2D eigenvalue weighted by molar-refractivity contribution is 5.56. The van der Waals surface area contributed by atoms with Crippen LogP contribution in [0.25, 0.3) is 0 Å². The molecule has 4 heteroatoms. The number of hydrogen-bond donors (Lipinski definition) is 0. The molecule has 4 nitrogen and oxygen atoms in total. The number of nitrogens with zero attached hydrogens (tertiary/aromatic N) is 1. The first-order chi connectivity index (χ1) is 9.68. The van der Waals surface area contributed by atoms with E-state index in [0.717, 1.165) is 53.9 Å². The van der Waals surface area contributed by atoms with Gasteiger partial charge in [0, 0.05) is 0 Å². The van der Waals surface area contributed by atoms with Gasteiger partial charge >= 0.3 is 0 Å². The molecule has 0 bridgehead atoms. The van der Waals surface area contributed by atoms with Crippen molar-refractivity contribution < 1.29 is 14.3 Å². The molecule has 0 spiro atoms. The van der Waals surface area contributed by atoms with Crippen LogP contribution in [0.4, 0.5) is 0 Å². The van der Waals surface area contributed by atoms with Crippen LogP contribution in [0, 0.1) is 13.8 Å². The average molecular weight is 273 g/mol. The summed E-state index contributed by atoms with van der Waals surface area (Å²) in [4.78, 5) is 15.1. The van der Waals surface area contributed by atoms with Gasteiger partial charge < -0.3 is 9.47 Å². The molecule has 1 saturated carbocycles. The van der Waals surface area contributed by atoms with E-state index >= 15 is 0 Å². The number of rotatable bonds is 2. The van der Waals surface area contributed by atoms with E-state index in [9.17, 15) is 4.79 Å². The molecular formula is C16H19NO3. The number of carbonyl (C=O) groups excluding carboxylic acids is 1. The summed E-state index contributed by atoms with van der Waals surface area (Å²) in [6, 6.07) is 2.02. The van der Waals surface area contributed by atoms with Crippen LogP contribution in [0.2, 0.25) is 0 Å². The van der Waals surface area contributed by atoms with Gasteiger partial charge in [0.2, 0.25) is 6.08 Å². The molecular weight excluding hydrogens is 254 g/mol. The fraction of sp³-hybridized carbons (Fsp3) is 0.562. The number of isocyanates is 1. The molecule has 0 atom stereocenters. The molecule has 0 saturated heterocycles. The summed E-state index contributed by atoms with van der Waals surface area (Å²) in [5.74, 6) is 1.61. The monoisotopic (exact) mass is 273 g/mol. The van der Waals surface area contributed by atoms with Crippen molar-refractivity contribution >= 4 is 6.08 Å². The summed E-state index contributed by atoms with van der Waals surface area (Å²) in [5.41, 5.74) is 2.92. The first-order valence-corrected chi connectivity index (χ1v) is 7.17. The van der Waals surface area contributed by atoms with Gasteiger partial charge in [0.1, 0.15) is 13.2 Å². The van der Waals surface area contributed by atoms with Crippen LogP contribution in [0.15, 0.2) is 11.1 Å². The van der Waals surface area contributed by atoms with E-state index in [0.29, 0.717) is 13.2 Å². The van der Waals surface area contributed by atoms with E-state index in [1.165, 1.54) is 0 Å². The Hall–Kier alpha value is -1.80. The van der Waals surface area contributed by atoms with Crippen LogP contribution in [0.1, 0.15) is 42.4 Å². The van der Waals surface area contributed by atoms with Crippen molar-refractivity contribution in [3.8, 4) is 11.5 Å². The minimum absolute atomic E-state index is 0.410. The van der Waals surface area contributed by atoms with Gasteiger partial charge in [-0.1, -0.05) is 12.8 Å². The average Bonchev–Trinajstić information content (AvgIpc) is 2.93. The van der Waals surface area contributed by atoms with E-state index in [1.807, 2.05) is 13.0 Å². The Bertz CT molecular complexity index is 582. The van der Waals surface area contributed by atoms with Gasteiger partial charge in [-0.2, -0.15) is 4.99 Å². The zero-order valence-corrected chi connectivity index (χ0v) is 12.0. The molecule has 3 rings (SSSR count). The van der Waals surface area contributed by atoms with Crippen molar-refractivity contribution in [2.24, 2.45) is 4.99 Å². The highest BCUT2D eigenvalue weighted by Gasteiger charge is 2.38. The zero-order chi connectivity index (χ0) is 14.2. The standard InChI is InChI=1S/C16H19NO3/c1-11-12(2)15-14(19-7-8-20-15)9-13(11)16(17-10-18)5-3-4-6-16/h9H,3-8H2,1-2H3. The van der Waals surface area contributed by atoms with Crippen molar-refractivity contribution in [3.63, 3.8) is 0 Å². The normalized spacial score (nSPS) is 19.5. The summed E-state index contributed by atoms with van der Waals surface area (Å²) in [7, 11) is 0. The van der Waals surface area contributed by atoms with Crippen LogP contribution in [0.3, 0.4) is 0 Å². The lowest BCUT2D eigenvalue weighted by atomic mass is 9.84. The van der Waals surface area contributed by atoms with E-state index < -0.39 is 5.54 Å². The lowest BCUT2D eigenvalue weighted by molar-refractivity contribution is 0.169. The molecule has 0 N–H and O–H groups in total. The second-order valence-corrected chi connectivity index (χ2v) is 5.64. The first-order valence-electron chi connectivity index (χ1n) is 7.17. The van der Waals surface area contributed by atoms with Crippen LogP contribution in [0.5, 0.6) is 11.5 Å². The Kier molecular flexibility index (Phi) is 3.27. The molecule has 1 aliphatic carbocycles. The highest BCUT2D eigenvalue weighted by atomic mass is 16.6. The molecule has 0 amide bonds. The summed E-state index contributed by atoms with van der Waals surface area (Å²) in [6.45, 7) is 5.27. The van der Waals surface area contributed by atoms with Crippen molar-refractivity contribution in [3.05, 3.63) is 22.8 Å². The first kappa shape index (κ1) is 13.2. The van der Waals surface area contributed by atoms with Gasteiger partial charge in [-0.05, 0) is 49.4 Å². The van der Waals surface area contributed by atoms with Gasteiger partial charge in [-0.15, -0.1) is 0 Å². The molecule has 106 valence electrons. The fourth-order valence-corrected chi connectivity index (χ4v) is 3.42. The van der Waals surface area contributed by atoms with Crippen molar-refractivity contribution in [1.82, 2.24) is 0 Å². The lowest BCUT2D eigenvalue weighted by Gasteiger charge is -2.29. The SMILES string of the molecule is Cc1c(C2(N=C=O)CCCC2)cc2c(c1C)OCCO2. The Morgan fingerprint density at radius 1 is 1.15 bits per heavy atom. The largest absolute Gasteiger partial charge is 0.486 e. The summed E-state index contributed by atoms with van der Waals surface area (Å²) in [5, 5.41) is 0. The molecule has 1 aliphatic heterocycles. The maximum atomic E-state index is 10.9. The van der Waals surface area contributed by atoms with E-state index in [2.05, 4.69) is 11.9 Å². The third-order valence-electron chi connectivity index (χ3n) is 4.59. The lowest BCUT2D eigenvalue weighted by Crippen LogP contribution is -2.23. The molecule has 1 heterocycles. The Balaban J connectivity index is 2.18. The third kappa shape index (κ3) is 1.92. The van der Waals surface area contributed by atoms with E-state index in [4.69, 9.17) is 9.47 Å². The Morgan fingerprint density at radius 2 is 1.85 bits per heavy atom. The van der Waals surface area contributed by atoms with Crippen LogP contribution < -0.4 is 9.47 Å². The van der Waals surface area contributed by atoms with Crippen molar-refractivity contribution in [2.45, 2.75) is 45.1 Å². The minimum Gasteiger partial charge on any atom is -0.486 e. The van der Waals surface area contributed by atoms with Crippen LogP contribution in [-0.2, 0) is 10.3 Å². The van der Waals surface area contributed by atoms with Gasteiger partial charge in [-0.3, -0.25) is 0 Å². The van der Waals surface area contributed by atoms with Crippen LogP contribution in [-0.4, -0.2) is 19.3 Å². The maximum absolute atomic E-state index is 10.9. The predicted octanol–water partition coefficient (Wildman–Crippen LogP) is 3.18. The summed E-state index contributed by atoms with van der Waals surface area (Å²) < 4.78 is 11.4. The molecule has 2 aliphatic rings. The molecule has 1 aromatic rings. The zero-order valence-electron chi connectivity index (χ0n) is 12.0. The maximum Gasteiger partial charge on any atom is 0.235 e. The number of ether oxygens (including phenoxy) is 2. The van der Waals surface area contributed by atoms with Crippen molar-refractivity contribution in [2.75, 3.05) is 13.2 Å². The second kappa shape index (κ2) is 4.95. The molecule has 0 unspecified atom stereocenters. The highest BCUT2D eigenvalue weighted by Crippen LogP contribution is 2.48. The van der Waals surface area contributed by atoms with E-state index in [-0.39, 0.29) is 0 Å². The second-order valence-electron chi connectivity index (χ2n) is 5.64.